The van der Waals surface area contributed by atoms with Crippen molar-refractivity contribution in [3.63, 3.8) is 0 Å². The summed E-state index contributed by atoms with van der Waals surface area (Å²) in [6.45, 7) is 2.89. The van der Waals surface area contributed by atoms with Crippen LogP contribution in [0.3, 0.4) is 0 Å². The zero-order valence-corrected chi connectivity index (χ0v) is 10.4. The Kier molecular flexibility index (Phi) is 5.78. The number of nitrogens with one attached hydrogen (secondary N) is 2. The zero-order valence-electron chi connectivity index (χ0n) is 9.58. The number of aromatic amines is 1. The van der Waals surface area contributed by atoms with E-state index < -0.39 is 0 Å². The summed E-state index contributed by atoms with van der Waals surface area (Å²) >= 11 is 5.03. The maximum absolute atomic E-state index is 11.7. The van der Waals surface area contributed by atoms with Crippen LogP contribution in [-0.2, 0) is 0 Å². The van der Waals surface area contributed by atoms with Gasteiger partial charge in [-0.25, -0.2) is 0 Å². The van der Waals surface area contributed by atoms with Crippen LogP contribution in [0.1, 0.15) is 43.0 Å². The van der Waals surface area contributed by atoms with Gasteiger partial charge in [-0.05, 0) is 18.6 Å². The minimum Gasteiger partial charge on any atom is -0.352 e. The SMILES string of the molecule is CCCCCCNC(=O)c1ccc[nH]c1=S. The van der Waals surface area contributed by atoms with Crippen LogP contribution in [0.5, 0.6) is 0 Å². The van der Waals surface area contributed by atoms with Gasteiger partial charge in [0.2, 0.25) is 0 Å². The van der Waals surface area contributed by atoms with Crippen molar-refractivity contribution < 1.29 is 4.79 Å². The normalized spacial score (nSPS) is 10.1. The Morgan fingerprint density at radius 2 is 2.25 bits per heavy atom. The smallest absolute Gasteiger partial charge is 0.254 e. The lowest BCUT2D eigenvalue weighted by atomic mass is 10.2. The van der Waals surface area contributed by atoms with Crippen LogP contribution < -0.4 is 5.32 Å². The number of rotatable bonds is 6. The first-order valence-corrected chi connectivity index (χ1v) is 6.12. The van der Waals surface area contributed by atoms with Gasteiger partial charge in [0.05, 0.1) is 5.56 Å². The Hall–Kier alpha value is -1.16. The van der Waals surface area contributed by atoms with Gasteiger partial charge in [-0.2, -0.15) is 0 Å². The molecule has 0 radical (unpaired) electrons. The van der Waals surface area contributed by atoms with E-state index in [2.05, 4.69) is 17.2 Å². The third-order valence-corrected chi connectivity index (χ3v) is 2.72. The number of amides is 1. The predicted molar refractivity (Wildman–Crippen MR) is 68.1 cm³/mol. The first-order valence-electron chi connectivity index (χ1n) is 5.71. The number of aromatic nitrogens is 1. The number of H-pyrrole nitrogens is 1. The summed E-state index contributed by atoms with van der Waals surface area (Å²) in [5.41, 5.74) is 0.549. The van der Waals surface area contributed by atoms with E-state index >= 15 is 0 Å². The molecule has 1 rings (SSSR count). The van der Waals surface area contributed by atoms with Crippen molar-refractivity contribution >= 4 is 18.1 Å². The minimum atomic E-state index is -0.0849. The molecule has 1 aromatic rings. The second kappa shape index (κ2) is 7.17. The summed E-state index contributed by atoms with van der Waals surface area (Å²) in [6, 6.07) is 3.52. The van der Waals surface area contributed by atoms with Gasteiger partial charge < -0.3 is 10.3 Å². The van der Waals surface area contributed by atoms with Crippen molar-refractivity contribution in [2.45, 2.75) is 32.6 Å². The quantitative estimate of drug-likeness (QED) is 0.591. The number of carbonyl (C=O) groups excluding carboxylic acids is 1. The maximum atomic E-state index is 11.7. The van der Waals surface area contributed by atoms with E-state index in [-0.39, 0.29) is 5.91 Å². The highest BCUT2D eigenvalue weighted by molar-refractivity contribution is 7.71. The molecule has 0 bridgehead atoms. The Morgan fingerprint density at radius 3 is 2.94 bits per heavy atom. The summed E-state index contributed by atoms with van der Waals surface area (Å²) in [5, 5.41) is 2.87. The number of hydrogen-bond acceptors (Lipinski definition) is 2. The summed E-state index contributed by atoms with van der Waals surface area (Å²) in [5.74, 6) is -0.0849. The number of unbranched alkanes of at least 4 members (excludes halogenated alkanes) is 3. The summed E-state index contributed by atoms with van der Waals surface area (Å²) in [4.78, 5) is 14.5. The average molecular weight is 238 g/mol. The third-order valence-electron chi connectivity index (χ3n) is 2.38. The molecule has 0 aliphatic heterocycles. The van der Waals surface area contributed by atoms with Gasteiger partial charge in [-0.15, -0.1) is 0 Å². The van der Waals surface area contributed by atoms with Crippen molar-refractivity contribution in [3.8, 4) is 0 Å². The van der Waals surface area contributed by atoms with E-state index in [0.29, 0.717) is 10.2 Å². The van der Waals surface area contributed by atoms with E-state index in [1.54, 1.807) is 18.3 Å². The lowest BCUT2D eigenvalue weighted by molar-refractivity contribution is 0.0952. The minimum absolute atomic E-state index is 0.0849. The molecule has 3 nitrogen and oxygen atoms in total. The second-order valence-electron chi connectivity index (χ2n) is 3.73. The maximum Gasteiger partial charge on any atom is 0.254 e. The van der Waals surface area contributed by atoms with Crippen LogP contribution >= 0.6 is 12.2 Å². The van der Waals surface area contributed by atoms with Gasteiger partial charge in [-0.3, -0.25) is 4.79 Å². The highest BCUT2D eigenvalue weighted by atomic mass is 32.1. The second-order valence-corrected chi connectivity index (χ2v) is 4.14. The molecule has 0 saturated heterocycles. The molecule has 0 aromatic carbocycles. The standard InChI is InChI=1S/C12H18N2OS/c1-2-3-4-5-8-13-11(15)10-7-6-9-14-12(10)16/h6-7,9H,2-5,8H2,1H3,(H,13,15)(H,14,16). The molecule has 0 aliphatic rings. The van der Waals surface area contributed by atoms with E-state index in [1.807, 2.05) is 0 Å². The number of pyridine rings is 1. The first kappa shape index (κ1) is 12.9. The van der Waals surface area contributed by atoms with Crippen LogP contribution in [0.4, 0.5) is 0 Å². The Morgan fingerprint density at radius 1 is 1.44 bits per heavy atom. The summed E-state index contributed by atoms with van der Waals surface area (Å²) in [7, 11) is 0. The molecule has 2 N–H and O–H groups in total. The molecule has 4 heteroatoms. The van der Waals surface area contributed by atoms with Crippen molar-refractivity contribution in [1.82, 2.24) is 10.3 Å². The van der Waals surface area contributed by atoms with E-state index in [1.165, 1.54) is 19.3 Å². The fourth-order valence-corrected chi connectivity index (χ4v) is 1.68. The van der Waals surface area contributed by atoms with Gasteiger partial charge in [0.25, 0.3) is 5.91 Å². The molecular formula is C12H18N2OS. The monoisotopic (exact) mass is 238 g/mol. The Labute approximate surface area is 101 Å². The van der Waals surface area contributed by atoms with Crippen LogP contribution in [-0.4, -0.2) is 17.4 Å². The molecular weight excluding hydrogens is 220 g/mol. The molecule has 1 aromatic heterocycles. The fourth-order valence-electron chi connectivity index (χ4n) is 1.45. The predicted octanol–water partition coefficient (Wildman–Crippen LogP) is 3.05. The van der Waals surface area contributed by atoms with Crippen LogP contribution in [0, 0.1) is 4.64 Å². The molecule has 16 heavy (non-hydrogen) atoms. The average Bonchev–Trinajstić information content (AvgIpc) is 2.29. The zero-order chi connectivity index (χ0) is 11.8. The highest BCUT2D eigenvalue weighted by Crippen LogP contribution is 2.00. The van der Waals surface area contributed by atoms with Crippen LogP contribution in [0.25, 0.3) is 0 Å². The van der Waals surface area contributed by atoms with E-state index in [0.717, 1.165) is 13.0 Å². The Bertz CT molecular complexity index is 387. The van der Waals surface area contributed by atoms with Crippen molar-refractivity contribution in [2.24, 2.45) is 0 Å². The molecule has 1 amide bonds. The van der Waals surface area contributed by atoms with Crippen molar-refractivity contribution in [3.05, 3.63) is 28.5 Å². The van der Waals surface area contributed by atoms with E-state index in [4.69, 9.17) is 12.2 Å². The molecule has 0 unspecified atom stereocenters. The molecule has 1 heterocycles. The van der Waals surface area contributed by atoms with Gasteiger partial charge >= 0.3 is 0 Å². The van der Waals surface area contributed by atoms with Crippen LogP contribution in [0.2, 0.25) is 0 Å². The van der Waals surface area contributed by atoms with Gasteiger partial charge in [0.1, 0.15) is 4.64 Å². The molecule has 0 aliphatic carbocycles. The fraction of sp³-hybridized carbons (Fsp3) is 0.500. The molecule has 0 atom stereocenters. The van der Waals surface area contributed by atoms with Crippen molar-refractivity contribution in [2.75, 3.05) is 6.54 Å². The van der Waals surface area contributed by atoms with Gasteiger partial charge in [0, 0.05) is 12.7 Å². The Balaban J connectivity index is 2.36. The summed E-state index contributed by atoms with van der Waals surface area (Å²) < 4.78 is 0.494. The summed E-state index contributed by atoms with van der Waals surface area (Å²) in [6.07, 6.45) is 6.35. The molecule has 88 valence electrons. The molecule has 0 spiro atoms. The highest BCUT2D eigenvalue weighted by Gasteiger charge is 2.05. The third kappa shape index (κ3) is 4.14. The molecule has 0 saturated carbocycles. The van der Waals surface area contributed by atoms with Crippen LogP contribution in [0.15, 0.2) is 18.3 Å². The lowest BCUT2D eigenvalue weighted by Crippen LogP contribution is -2.24. The number of carbonyl (C=O) groups is 1. The van der Waals surface area contributed by atoms with Crippen molar-refractivity contribution in [1.29, 1.82) is 0 Å². The van der Waals surface area contributed by atoms with E-state index in [9.17, 15) is 4.79 Å². The first-order chi connectivity index (χ1) is 7.75. The van der Waals surface area contributed by atoms with Gasteiger partial charge in [-0.1, -0.05) is 38.4 Å². The topological polar surface area (TPSA) is 44.9 Å². The molecule has 0 fully saturated rings. The number of hydrogen-bond donors (Lipinski definition) is 2. The lowest BCUT2D eigenvalue weighted by Gasteiger charge is -2.04. The van der Waals surface area contributed by atoms with Gasteiger partial charge in [0.15, 0.2) is 0 Å². The largest absolute Gasteiger partial charge is 0.352 e.